The second kappa shape index (κ2) is 8.55. The summed E-state index contributed by atoms with van der Waals surface area (Å²) in [4.78, 5) is 27.8. The molecule has 0 bridgehead atoms. The van der Waals surface area contributed by atoms with Gasteiger partial charge in [0.25, 0.3) is 0 Å². The Morgan fingerprint density at radius 3 is 2.29 bits per heavy atom. The summed E-state index contributed by atoms with van der Waals surface area (Å²) in [5, 5.41) is 3.75. The molecule has 0 spiro atoms. The number of carbonyl (C=O) groups excluding carboxylic acids is 2. The third-order valence-electron chi connectivity index (χ3n) is 3.90. The maximum atomic E-state index is 12.4. The summed E-state index contributed by atoms with van der Waals surface area (Å²) in [7, 11) is 0. The fourth-order valence-corrected chi connectivity index (χ4v) is 3.07. The van der Waals surface area contributed by atoms with Crippen LogP contribution in [0, 0.1) is 0 Å². The van der Waals surface area contributed by atoms with Crippen molar-refractivity contribution in [3.8, 4) is 0 Å². The minimum absolute atomic E-state index is 0.141. The highest BCUT2D eigenvalue weighted by Gasteiger charge is 2.28. The molecule has 1 heterocycles. The molecule has 1 aromatic rings. The van der Waals surface area contributed by atoms with Gasteiger partial charge in [-0.3, -0.25) is 9.69 Å². The van der Waals surface area contributed by atoms with Crippen molar-refractivity contribution >= 4 is 40.9 Å². The number of rotatable bonds is 4. The topological polar surface area (TPSA) is 61.9 Å². The van der Waals surface area contributed by atoms with Crippen LogP contribution >= 0.6 is 23.2 Å². The van der Waals surface area contributed by atoms with Crippen molar-refractivity contribution < 1.29 is 14.3 Å². The maximum absolute atomic E-state index is 12.4. The average molecular weight is 374 g/mol. The third-order valence-corrected chi connectivity index (χ3v) is 4.33. The van der Waals surface area contributed by atoms with E-state index in [1.54, 1.807) is 30.0 Å². The van der Waals surface area contributed by atoms with Crippen LogP contribution in [-0.2, 0) is 9.53 Å². The fourth-order valence-electron chi connectivity index (χ4n) is 2.55. The van der Waals surface area contributed by atoms with Gasteiger partial charge in [-0.05, 0) is 32.0 Å². The predicted octanol–water partition coefficient (Wildman–Crippen LogP) is 3.09. The molecule has 2 rings (SSSR count). The number of piperazine rings is 1. The molecule has 1 N–H and O–H groups in total. The summed E-state index contributed by atoms with van der Waals surface area (Å²) >= 11 is 11.9. The van der Waals surface area contributed by atoms with E-state index in [0.29, 0.717) is 48.5 Å². The molecule has 24 heavy (non-hydrogen) atoms. The molecular formula is C16H21Cl2N3O3. The molecule has 0 radical (unpaired) electrons. The zero-order chi connectivity index (χ0) is 17.7. The largest absolute Gasteiger partial charge is 0.450 e. The summed E-state index contributed by atoms with van der Waals surface area (Å²) in [6.07, 6.45) is -0.303. The number of carbonyl (C=O) groups is 2. The van der Waals surface area contributed by atoms with Crippen molar-refractivity contribution in [2.45, 2.75) is 19.9 Å². The van der Waals surface area contributed by atoms with Crippen molar-refractivity contribution in [3.05, 3.63) is 28.2 Å². The molecule has 0 unspecified atom stereocenters. The maximum Gasteiger partial charge on any atom is 0.409 e. The van der Waals surface area contributed by atoms with Gasteiger partial charge in [-0.1, -0.05) is 23.2 Å². The Morgan fingerprint density at radius 2 is 1.75 bits per heavy atom. The van der Waals surface area contributed by atoms with Gasteiger partial charge in [-0.15, -0.1) is 0 Å². The van der Waals surface area contributed by atoms with Crippen molar-refractivity contribution in [2.75, 3.05) is 38.1 Å². The summed E-state index contributed by atoms with van der Waals surface area (Å²) in [6, 6.07) is 4.58. The van der Waals surface area contributed by atoms with Crippen molar-refractivity contribution in [1.29, 1.82) is 0 Å². The molecule has 1 saturated heterocycles. The first kappa shape index (κ1) is 18.8. The van der Waals surface area contributed by atoms with Crippen LogP contribution in [0.3, 0.4) is 0 Å². The van der Waals surface area contributed by atoms with E-state index in [2.05, 4.69) is 5.32 Å². The SMILES string of the molecule is CCOC(=O)N1CCN([C@H](C)C(=O)Nc2cc(Cl)cc(Cl)c2)CC1. The first-order valence-electron chi connectivity index (χ1n) is 7.83. The number of benzene rings is 1. The lowest BCUT2D eigenvalue weighted by atomic mass is 10.2. The molecule has 6 nitrogen and oxygen atoms in total. The fraction of sp³-hybridized carbons (Fsp3) is 0.500. The minimum atomic E-state index is -0.327. The third kappa shape index (κ3) is 5.00. The van der Waals surface area contributed by atoms with Gasteiger partial charge in [-0.2, -0.15) is 0 Å². The number of ether oxygens (including phenoxy) is 1. The molecule has 1 atom stereocenters. The van der Waals surface area contributed by atoms with E-state index < -0.39 is 0 Å². The van der Waals surface area contributed by atoms with Gasteiger partial charge in [0.2, 0.25) is 5.91 Å². The van der Waals surface area contributed by atoms with Crippen LogP contribution in [0.15, 0.2) is 18.2 Å². The van der Waals surface area contributed by atoms with Gasteiger partial charge in [0.15, 0.2) is 0 Å². The quantitative estimate of drug-likeness (QED) is 0.880. The summed E-state index contributed by atoms with van der Waals surface area (Å²) < 4.78 is 4.99. The molecule has 1 aromatic carbocycles. The van der Waals surface area contributed by atoms with E-state index in [-0.39, 0.29) is 18.0 Å². The molecule has 0 aliphatic carbocycles. The lowest BCUT2D eigenvalue weighted by Crippen LogP contribution is -2.54. The van der Waals surface area contributed by atoms with Crippen LogP contribution in [0.1, 0.15) is 13.8 Å². The monoisotopic (exact) mass is 373 g/mol. The van der Waals surface area contributed by atoms with Crippen LogP contribution in [0.4, 0.5) is 10.5 Å². The highest BCUT2D eigenvalue weighted by atomic mass is 35.5. The van der Waals surface area contributed by atoms with E-state index in [1.165, 1.54) is 0 Å². The Morgan fingerprint density at radius 1 is 1.17 bits per heavy atom. The van der Waals surface area contributed by atoms with Gasteiger partial charge in [0.1, 0.15) is 0 Å². The Labute approximate surface area is 151 Å². The average Bonchev–Trinajstić information content (AvgIpc) is 2.53. The molecule has 0 aromatic heterocycles. The standard InChI is InChI=1S/C16H21Cl2N3O3/c1-3-24-16(23)21-6-4-20(5-7-21)11(2)15(22)19-14-9-12(17)8-13(18)10-14/h8-11H,3-7H2,1-2H3,(H,19,22)/t11-/m1/s1. The van der Waals surface area contributed by atoms with Crippen molar-refractivity contribution in [2.24, 2.45) is 0 Å². The Kier molecular flexibility index (Phi) is 6.71. The number of anilines is 1. The normalized spacial score (nSPS) is 16.6. The van der Waals surface area contributed by atoms with Crippen molar-refractivity contribution in [1.82, 2.24) is 9.80 Å². The van der Waals surface area contributed by atoms with Gasteiger partial charge >= 0.3 is 6.09 Å². The van der Waals surface area contributed by atoms with E-state index in [9.17, 15) is 9.59 Å². The minimum Gasteiger partial charge on any atom is -0.450 e. The lowest BCUT2D eigenvalue weighted by molar-refractivity contribution is -0.121. The number of hydrogen-bond acceptors (Lipinski definition) is 4. The number of nitrogens with one attached hydrogen (secondary N) is 1. The molecule has 2 amide bonds. The highest BCUT2D eigenvalue weighted by molar-refractivity contribution is 6.35. The second-order valence-corrected chi connectivity index (χ2v) is 6.42. The molecular weight excluding hydrogens is 353 g/mol. The number of hydrogen-bond donors (Lipinski definition) is 1. The Bertz CT molecular complexity index is 584. The Balaban J connectivity index is 1.89. The molecule has 8 heteroatoms. The van der Waals surface area contributed by atoms with Gasteiger partial charge in [0, 0.05) is 41.9 Å². The van der Waals surface area contributed by atoms with E-state index in [4.69, 9.17) is 27.9 Å². The number of amides is 2. The van der Waals surface area contributed by atoms with Crippen LogP contribution in [-0.4, -0.2) is 60.6 Å². The summed E-state index contributed by atoms with van der Waals surface area (Å²) in [5.74, 6) is -0.141. The lowest BCUT2D eigenvalue weighted by Gasteiger charge is -2.36. The molecule has 0 saturated carbocycles. The zero-order valence-electron chi connectivity index (χ0n) is 13.7. The smallest absolute Gasteiger partial charge is 0.409 e. The van der Waals surface area contributed by atoms with E-state index in [0.717, 1.165) is 0 Å². The van der Waals surface area contributed by atoms with Crippen LogP contribution < -0.4 is 5.32 Å². The molecule has 1 aliphatic heterocycles. The predicted molar refractivity (Wildman–Crippen MR) is 94.7 cm³/mol. The summed E-state index contributed by atoms with van der Waals surface area (Å²) in [6.45, 7) is 6.29. The number of nitrogens with zero attached hydrogens (tertiary/aromatic N) is 2. The van der Waals surface area contributed by atoms with Crippen LogP contribution in [0.2, 0.25) is 10.0 Å². The van der Waals surface area contributed by atoms with Gasteiger partial charge in [0.05, 0.1) is 12.6 Å². The highest BCUT2D eigenvalue weighted by Crippen LogP contribution is 2.22. The second-order valence-electron chi connectivity index (χ2n) is 5.55. The Hall–Kier alpha value is -1.50. The first-order chi connectivity index (χ1) is 11.4. The van der Waals surface area contributed by atoms with Crippen LogP contribution in [0.25, 0.3) is 0 Å². The van der Waals surface area contributed by atoms with Crippen molar-refractivity contribution in [3.63, 3.8) is 0 Å². The number of halogens is 2. The van der Waals surface area contributed by atoms with E-state index >= 15 is 0 Å². The summed E-state index contributed by atoms with van der Waals surface area (Å²) in [5.41, 5.74) is 0.564. The van der Waals surface area contributed by atoms with Gasteiger partial charge < -0.3 is 15.0 Å². The zero-order valence-corrected chi connectivity index (χ0v) is 15.2. The van der Waals surface area contributed by atoms with E-state index in [1.807, 2.05) is 11.8 Å². The molecule has 1 fully saturated rings. The first-order valence-corrected chi connectivity index (χ1v) is 8.59. The molecule has 132 valence electrons. The van der Waals surface area contributed by atoms with Gasteiger partial charge in [-0.25, -0.2) is 4.79 Å². The van der Waals surface area contributed by atoms with Crippen LogP contribution in [0.5, 0.6) is 0 Å². The molecule has 1 aliphatic rings.